The van der Waals surface area contributed by atoms with Gasteiger partial charge in [0.2, 0.25) is 0 Å². The van der Waals surface area contributed by atoms with Crippen LogP contribution in [0.25, 0.3) is 0 Å². The van der Waals surface area contributed by atoms with E-state index >= 15 is 0 Å². The maximum absolute atomic E-state index is 12.2. The van der Waals surface area contributed by atoms with Gasteiger partial charge in [-0.2, -0.15) is 8.42 Å². The van der Waals surface area contributed by atoms with Gasteiger partial charge in [-0.25, -0.2) is 9.59 Å². The molecule has 1 aliphatic heterocycles. The molecule has 1 aromatic carbocycles. The Morgan fingerprint density at radius 3 is 2.36 bits per heavy atom. The van der Waals surface area contributed by atoms with E-state index in [4.69, 9.17) is 9.47 Å². The van der Waals surface area contributed by atoms with Crippen molar-refractivity contribution in [2.45, 2.75) is 11.8 Å². The summed E-state index contributed by atoms with van der Waals surface area (Å²) in [6.07, 6.45) is 0. The summed E-state index contributed by atoms with van der Waals surface area (Å²) in [5, 5.41) is 0. The van der Waals surface area contributed by atoms with E-state index in [1.165, 1.54) is 44.2 Å². The average Bonchev–Trinajstić information content (AvgIpc) is 2.58. The van der Waals surface area contributed by atoms with E-state index in [0.29, 0.717) is 5.69 Å². The van der Waals surface area contributed by atoms with E-state index in [1.807, 2.05) is 0 Å². The molecule has 0 saturated heterocycles. The van der Waals surface area contributed by atoms with Crippen molar-refractivity contribution in [2.24, 2.45) is 0 Å². The molecule has 0 atom stereocenters. The summed E-state index contributed by atoms with van der Waals surface area (Å²) in [5.41, 5.74) is 0.567. The summed E-state index contributed by atoms with van der Waals surface area (Å²) < 4.78 is 46.5. The molecule has 9 nitrogen and oxygen atoms in total. The predicted molar refractivity (Wildman–Crippen MR) is 85.3 cm³/mol. The van der Waals surface area contributed by atoms with Crippen molar-refractivity contribution in [2.75, 3.05) is 32.5 Å². The topological polar surface area (TPSA) is 119 Å². The van der Waals surface area contributed by atoms with E-state index in [2.05, 4.69) is 4.74 Å². The molecule has 136 valence electrons. The van der Waals surface area contributed by atoms with Gasteiger partial charge in [-0.15, -0.1) is 0 Å². The lowest BCUT2D eigenvalue weighted by atomic mass is 10.1. The van der Waals surface area contributed by atoms with E-state index in [-0.39, 0.29) is 35.1 Å². The third-order valence-electron chi connectivity index (χ3n) is 3.58. The standard InChI is InChI=1S/C15H17NO8S/c1-9-6-10(4-5-12(9)25(19,20)21)16-8-24-7-11(14(17)22-2)13(16)15(18)23-3/h4-6H,7-8H2,1-3H3,(H,19,20,21). The molecule has 0 fully saturated rings. The number of hydrogen-bond acceptors (Lipinski definition) is 8. The molecular formula is C15H17NO8S. The SMILES string of the molecule is COC(=O)C1=C(C(=O)OC)N(c2ccc(S(=O)(=O)O)c(C)c2)COC1. The van der Waals surface area contributed by atoms with Crippen LogP contribution in [0.5, 0.6) is 0 Å². The fourth-order valence-corrected chi connectivity index (χ4v) is 3.14. The quantitative estimate of drug-likeness (QED) is 0.600. The lowest BCUT2D eigenvalue weighted by Crippen LogP contribution is -2.38. The number of rotatable bonds is 4. The molecule has 0 radical (unpaired) electrons. The lowest BCUT2D eigenvalue weighted by molar-refractivity contribution is -0.140. The van der Waals surface area contributed by atoms with Crippen molar-refractivity contribution < 1.29 is 36.8 Å². The van der Waals surface area contributed by atoms with Gasteiger partial charge >= 0.3 is 11.9 Å². The molecule has 0 amide bonds. The van der Waals surface area contributed by atoms with Gasteiger partial charge in [-0.1, -0.05) is 0 Å². The largest absolute Gasteiger partial charge is 0.466 e. The summed E-state index contributed by atoms with van der Waals surface area (Å²) >= 11 is 0. The van der Waals surface area contributed by atoms with Crippen LogP contribution >= 0.6 is 0 Å². The Hall–Kier alpha value is -2.43. The van der Waals surface area contributed by atoms with Gasteiger partial charge in [0.15, 0.2) is 0 Å². The molecule has 0 aromatic heterocycles. The Morgan fingerprint density at radius 2 is 1.84 bits per heavy atom. The molecule has 25 heavy (non-hydrogen) atoms. The van der Waals surface area contributed by atoms with Crippen LogP contribution in [0, 0.1) is 6.92 Å². The van der Waals surface area contributed by atoms with E-state index < -0.39 is 22.1 Å². The highest BCUT2D eigenvalue weighted by Crippen LogP contribution is 2.29. The molecule has 1 aliphatic rings. The Labute approximate surface area is 144 Å². The first-order valence-electron chi connectivity index (χ1n) is 7.04. The molecule has 0 unspecified atom stereocenters. The van der Waals surface area contributed by atoms with Crippen molar-refractivity contribution >= 4 is 27.7 Å². The van der Waals surface area contributed by atoms with Crippen LogP contribution in [0.15, 0.2) is 34.4 Å². The number of methoxy groups -OCH3 is 2. The number of hydrogen-bond donors (Lipinski definition) is 1. The van der Waals surface area contributed by atoms with Gasteiger partial charge in [0.25, 0.3) is 10.1 Å². The van der Waals surface area contributed by atoms with E-state index in [0.717, 1.165) is 0 Å². The first kappa shape index (κ1) is 18.9. The second kappa shape index (κ2) is 7.21. The van der Waals surface area contributed by atoms with Crippen molar-refractivity contribution in [3.63, 3.8) is 0 Å². The van der Waals surface area contributed by atoms with Crippen LogP contribution < -0.4 is 4.90 Å². The second-order valence-corrected chi connectivity index (χ2v) is 6.53. The average molecular weight is 371 g/mol. The van der Waals surface area contributed by atoms with Crippen LogP contribution in [-0.2, 0) is 33.9 Å². The number of anilines is 1. The van der Waals surface area contributed by atoms with Gasteiger partial charge in [-0.05, 0) is 30.7 Å². The number of carbonyl (C=O) groups is 2. The number of benzene rings is 1. The van der Waals surface area contributed by atoms with Gasteiger partial charge in [0.05, 0.1) is 31.3 Å². The first-order valence-corrected chi connectivity index (χ1v) is 8.48. The van der Waals surface area contributed by atoms with Crippen molar-refractivity contribution in [3.8, 4) is 0 Å². The summed E-state index contributed by atoms with van der Waals surface area (Å²) in [4.78, 5) is 25.2. The molecule has 10 heteroatoms. The Kier molecular flexibility index (Phi) is 5.45. The van der Waals surface area contributed by atoms with Gasteiger partial charge in [0, 0.05) is 5.69 Å². The number of ether oxygens (including phenoxy) is 3. The molecule has 1 aromatic rings. The maximum Gasteiger partial charge on any atom is 0.355 e. The van der Waals surface area contributed by atoms with Crippen molar-refractivity contribution in [1.29, 1.82) is 0 Å². The number of esters is 2. The maximum atomic E-state index is 12.2. The highest BCUT2D eigenvalue weighted by atomic mass is 32.2. The summed E-state index contributed by atoms with van der Waals surface area (Å²) in [6, 6.07) is 4.01. The normalized spacial score (nSPS) is 15.1. The van der Waals surface area contributed by atoms with Crippen LogP contribution in [0.2, 0.25) is 0 Å². The number of aryl methyl sites for hydroxylation is 1. The van der Waals surface area contributed by atoms with Crippen LogP contribution in [0.4, 0.5) is 5.69 Å². The second-order valence-electron chi connectivity index (χ2n) is 5.14. The Bertz CT molecular complexity index is 843. The molecule has 0 aliphatic carbocycles. The molecule has 1 heterocycles. The van der Waals surface area contributed by atoms with Crippen LogP contribution in [0.1, 0.15) is 5.56 Å². The monoisotopic (exact) mass is 371 g/mol. The Morgan fingerprint density at radius 1 is 1.20 bits per heavy atom. The van der Waals surface area contributed by atoms with Crippen molar-refractivity contribution in [3.05, 3.63) is 35.0 Å². The highest BCUT2D eigenvalue weighted by molar-refractivity contribution is 7.85. The number of nitrogens with zero attached hydrogens (tertiary/aromatic N) is 1. The Balaban J connectivity index is 2.58. The van der Waals surface area contributed by atoms with Crippen LogP contribution in [-0.4, -0.2) is 52.5 Å². The third-order valence-corrected chi connectivity index (χ3v) is 4.60. The fraction of sp³-hybridized carbons (Fsp3) is 0.333. The minimum absolute atomic E-state index is 0.0166. The lowest BCUT2D eigenvalue weighted by Gasteiger charge is -2.31. The highest BCUT2D eigenvalue weighted by Gasteiger charge is 2.32. The van der Waals surface area contributed by atoms with E-state index in [9.17, 15) is 22.6 Å². The summed E-state index contributed by atoms with van der Waals surface area (Å²) in [6.45, 7) is 1.30. The van der Waals surface area contributed by atoms with Gasteiger partial charge < -0.3 is 19.1 Å². The summed E-state index contributed by atoms with van der Waals surface area (Å²) in [5.74, 6) is -1.50. The minimum Gasteiger partial charge on any atom is -0.466 e. The molecule has 1 N–H and O–H groups in total. The number of carbonyl (C=O) groups excluding carboxylic acids is 2. The predicted octanol–water partition coefficient (Wildman–Crippen LogP) is 0.636. The molecule has 2 rings (SSSR count). The van der Waals surface area contributed by atoms with Gasteiger partial charge in [-0.3, -0.25) is 4.55 Å². The zero-order valence-electron chi connectivity index (χ0n) is 13.8. The molecular weight excluding hydrogens is 354 g/mol. The fourth-order valence-electron chi connectivity index (χ4n) is 2.44. The zero-order chi connectivity index (χ0) is 18.8. The van der Waals surface area contributed by atoms with E-state index in [1.54, 1.807) is 0 Å². The van der Waals surface area contributed by atoms with Gasteiger partial charge in [0.1, 0.15) is 12.4 Å². The van der Waals surface area contributed by atoms with Crippen LogP contribution in [0.3, 0.4) is 0 Å². The van der Waals surface area contributed by atoms with Crippen molar-refractivity contribution in [1.82, 2.24) is 0 Å². The third kappa shape index (κ3) is 3.81. The first-order chi connectivity index (χ1) is 11.7. The minimum atomic E-state index is -4.37. The smallest absolute Gasteiger partial charge is 0.355 e. The molecule has 0 spiro atoms. The molecule has 0 saturated carbocycles. The molecule has 0 bridgehead atoms. The summed E-state index contributed by atoms with van der Waals surface area (Å²) in [7, 11) is -2.03. The zero-order valence-corrected chi connectivity index (χ0v) is 14.6.